The van der Waals surface area contributed by atoms with Gasteiger partial charge in [0.1, 0.15) is 11.6 Å². The Morgan fingerprint density at radius 3 is 2.45 bits per heavy atom. The zero-order valence-electron chi connectivity index (χ0n) is 6.00. The van der Waals surface area contributed by atoms with Crippen molar-refractivity contribution in [3.8, 4) is 0 Å². The molecule has 0 heterocycles. The Labute approximate surface area is 68.8 Å². The summed E-state index contributed by atoms with van der Waals surface area (Å²) in [5, 5.41) is -0.0248. The van der Waals surface area contributed by atoms with Crippen LogP contribution in [0.1, 0.15) is 12.5 Å². The van der Waals surface area contributed by atoms with Crippen molar-refractivity contribution in [2.75, 3.05) is 0 Å². The van der Waals surface area contributed by atoms with Gasteiger partial charge in [-0.3, -0.25) is 0 Å². The summed E-state index contributed by atoms with van der Waals surface area (Å²) in [4.78, 5) is 0. The van der Waals surface area contributed by atoms with Crippen LogP contribution in [0.25, 0.3) is 0 Å². The molecule has 0 aliphatic heterocycles. The highest BCUT2D eigenvalue weighted by molar-refractivity contribution is 6.30. The lowest BCUT2D eigenvalue weighted by Gasteiger charge is -2.00. The molecule has 0 saturated heterocycles. The van der Waals surface area contributed by atoms with Crippen molar-refractivity contribution in [1.29, 1.82) is 0 Å². The standard InChI is InChI=1S/C8H7ClF2/c1-2-5-3-6(9)8(11)4-7(5)10/h3-4H,2H2,1H3. The number of halogens is 3. The maximum atomic E-state index is 12.7. The SMILES string of the molecule is CCc1cc(Cl)c(F)cc1F. The molecule has 0 aliphatic carbocycles. The lowest BCUT2D eigenvalue weighted by molar-refractivity contribution is 0.574. The largest absolute Gasteiger partial charge is 0.207 e. The van der Waals surface area contributed by atoms with Crippen LogP contribution in [0.15, 0.2) is 12.1 Å². The van der Waals surface area contributed by atoms with Gasteiger partial charge in [0.15, 0.2) is 0 Å². The Kier molecular flexibility index (Phi) is 2.45. The average molecular weight is 177 g/mol. The zero-order chi connectivity index (χ0) is 8.43. The van der Waals surface area contributed by atoms with E-state index in [2.05, 4.69) is 0 Å². The number of aryl methyl sites for hydroxylation is 1. The van der Waals surface area contributed by atoms with Crippen LogP contribution < -0.4 is 0 Å². The summed E-state index contributed by atoms with van der Waals surface area (Å²) in [6.07, 6.45) is 0.520. The van der Waals surface area contributed by atoms with Crippen molar-refractivity contribution < 1.29 is 8.78 Å². The Morgan fingerprint density at radius 2 is 1.91 bits per heavy atom. The van der Waals surface area contributed by atoms with Crippen molar-refractivity contribution in [3.05, 3.63) is 34.4 Å². The molecule has 0 bridgehead atoms. The van der Waals surface area contributed by atoms with E-state index in [1.807, 2.05) is 0 Å². The summed E-state index contributed by atoms with van der Waals surface area (Å²) in [6, 6.07) is 2.12. The number of benzene rings is 1. The van der Waals surface area contributed by atoms with Gasteiger partial charge in [-0.15, -0.1) is 0 Å². The molecular formula is C8H7ClF2. The van der Waals surface area contributed by atoms with E-state index in [0.717, 1.165) is 6.07 Å². The molecule has 0 N–H and O–H groups in total. The van der Waals surface area contributed by atoms with Crippen molar-refractivity contribution in [2.24, 2.45) is 0 Å². The molecule has 0 saturated carbocycles. The van der Waals surface area contributed by atoms with Gasteiger partial charge in [-0.05, 0) is 18.1 Å². The van der Waals surface area contributed by atoms with Gasteiger partial charge in [-0.1, -0.05) is 18.5 Å². The fourth-order valence-electron chi connectivity index (χ4n) is 0.835. The van der Waals surface area contributed by atoms with Crippen molar-refractivity contribution in [2.45, 2.75) is 13.3 Å². The van der Waals surface area contributed by atoms with E-state index in [0.29, 0.717) is 12.0 Å². The van der Waals surface area contributed by atoms with Gasteiger partial charge in [-0.2, -0.15) is 0 Å². The highest BCUT2D eigenvalue weighted by atomic mass is 35.5. The molecular weight excluding hydrogens is 170 g/mol. The van der Waals surface area contributed by atoms with E-state index in [1.54, 1.807) is 6.92 Å². The topological polar surface area (TPSA) is 0 Å². The second-order valence-corrected chi connectivity index (χ2v) is 2.62. The Bertz CT molecular complexity index is 271. The summed E-state index contributed by atoms with van der Waals surface area (Å²) in [7, 11) is 0. The molecule has 0 fully saturated rings. The van der Waals surface area contributed by atoms with Crippen LogP contribution >= 0.6 is 11.6 Å². The van der Waals surface area contributed by atoms with E-state index in [-0.39, 0.29) is 5.02 Å². The molecule has 1 aromatic carbocycles. The summed E-state index contributed by atoms with van der Waals surface area (Å²) in [5.74, 6) is -1.24. The summed E-state index contributed by atoms with van der Waals surface area (Å²) < 4.78 is 25.3. The Balaban J connectivity index is 3.21. The molecule has 11 heavy (non-hydrogen) atoms. The van der Waals surface area contributed by atoms with E-state index >= 15 is 0 Å². The van der Waals surface area contributed by atoms with Gasteiger partial charge in [0.25, 0.3) is 0 Å². The quantitative estimate of drug-likeness (QED) is 0.577. The number of hydrogen-bond donors (Lipinski definition) is 0. The van der Waals surface area contributed by atoms with E-state index in [4.69, 9.17) is 11.6 Å². The monoisotopic (exact) mass is 176 g/mol. The van der Waals surface area contributed by atoms with Crippen LogP contribution in [0.4, 0.5) is 8.78 Å². The van der Waals surface area contributed by atoms with Crippen LogP contribution in [-0.4, -0.2) is 0 Å². The third-order valence-electron chi connectivity index (χ3n) is 1.47. The van der Waals surface area contributed by atoms with Crippen molar-refractivity contribution in [1.82, 2.24) is 0 Å². The minimum atomic E-state index is -0.707. The Morgan fingerprint density at radius 1 is 1.27 bits per heavy atom. The molecule has 0 aromatic heterocycles. The maximum Gasteiger partial charge on any atom is 0.144 e. The van der Waals surface area contributed by atoms with E-state index < -0.39 is 11.6 Å². The lowest BCUT2D eigenvalue weighted by Crippen LogP contribution is -1.89. The molecule has 1 rings (SSSR count). The first kappa shape index (κ1) is 8.47. The molecule has 0 unspecified atom stereocenters. The molecule has 0 aliphatic rings. The van der Waals surface area contributed by atoms with Gasteiger partial charge < -0.3 is 0 Å². The van der Waals surface area contributed by atoms with Crippen LogP contribution in [-0.2, 0) is 6.42 Å². The first-order valence-corrected chi connectivity index (χ1v) is 3.66. The third kappa shape index (κ3) is 1.69. The van der Waals surface area contributed by atoms with Crippen LogP contribution in [0.3, 0.4) is 0 Å². The van der Waals surface area contributed by atoms with Crippen LogP contribution in [0, 0.1) is 11.6 Å². The highest BCUT2D eigenvalue weighted by Crippen LogP contribution is 2.19. The molecule has 3 heteroatoms. The number of rotatable bonds is 1. The molecule has 60 valence electrons. The first-order valence-electron chi connectivity index (χ1n) is 3.28. The van der Waals surface area contributed by atoms with E-state index in [9.17, 15) is 8.78 Å². The van der Waals surface area contributed by atoms with Gasteiger partial charge in [0.05, 0.1) is 5.02 Å². The van der Waals surface area contributed by atoms with Crippen LogP contribution in [0.5, 0.6) is 0 Å². The average Bonchev–Trinajstić information content (AvgIpc) is 1.97. The van der Waals surface area contributed by atoms with Crippen molar-refractivity contribution in [3.63, 3.8) is 0 Å². The molecule has 0 spiro atoms. The third-order valence-corrected chi connectivity index (χ3v) is 1.76. The smallest absolute Gasteiger partial charge is 0.144 e. The van der Waals surface area contributed by atoms with Crippen molar-refractivity contribution >= 4 is 11.6 Å². The fraction of sp³-hybridized carbons (Fsp3) is 0.250. The normalized spacial score (nSPS) is 10.2. The van der Waals surface area contributed by atoms with E-state index in [1.165, 1.54) is 6.07 Å². The summed E-state index contributed by atoms with van der Waals surface area (Å²) in [6.45, 7) is 1.78. The second kappa shape index (κ2) is 3.18. The summed E-state index contributed by atoms with van der Waals surface area (Å²) in [5.41, 5.74) is 0.441. The van der Waals surface area contributed by atoms with Gasteiger partial charge in [0.2, 0.25) is 0 Å². The molecule has 0 radical (unpaired) electrons. The van der Waals surface area contributed by atoms with Crippen LogP contribution in [0.2, 0.25) is 5.02 Å². The second-order valence-electron chi connectivity index (χ2n) is 2.21. The lowest BCUT2D eigenvalue weighted by atomic mass is 10.1. The minimum absolute atomic E-state index is 0.0248. The maximum absolute atomic E-state index is 12.7. The zero-order valence-corrected chi connectivity index (χ0v) is 6.75. The van der Waals surface area contributed by atoms with Gasteiger partial charge in [-0.25, -0.2) is 8.78 Å². The molecule has 0 amide bonds. The van der Waals surface area contributed by atoms with Gasteiger partial charge >= 0.3 is 0 Å². The predicted octanol–water partition coefficient (Wildman–Crippen LogP) is 3.18. The summed E-state index contributed by atoms with van der Waals surface area (Å²) >= 11 is 5.42. The highest BCUT2D eigenvalue weighted by Gasteiger charge is 2.05. The first-order chi connectivity index (χ1) is 5.15. The number of hydrogen-bond acceptors (Lipinski definition) is 0. The molecule has 0 nitrogen and oxygen atoms in total. The molecule has 1 aromatic rings. The fourth-order valence-corrected chi connectivity index (χ4v) is 1.02. The minimum Gasteiger partial charge on any atom is -0.207 e. The predicted molar refractivity (Wildman–Crippen MR) is 40.7 cm³/mol. The van der Waals surface area contributed by atoms with Gasteiger partial charge in [0, 0.05) is 6.07 Å². The molecule has 0 atom stereocenters. The Hall–Kier alpha value is -0.630.